The Hall–Kier alpha value is -0.930. The summed E-state index contributed by atoms with van der Waals surface area (Å²) in [5.74, 6) is 0.278. The molecule has 0 unspecified atom stereocenters. The van der Waals surface area contributed by atoms with Crippen LogP contribution in [0.3, 0.4) is 0 Å². The molecule has 0 aromatic rings. The van der Waals surface area contributed by atoms with Crippen LogP contribution in [0.2, 0.25) is 0 Å². The van der Waals surface area contributed by atoms with Gasteiger partial charge >= 0.3 is 0 Å². The molecule has 0 fully saturated rings. The summed E-state index contributed by atoms with van der Waals surface area (Å²) in [6, 6.07) is 0. The van der Waals surface area contributed by atoms with Gasteiger partial charge in [0.05, 0.1) is 0 Å². The molecule has 0 amide bonds. The number of Topliss-reactive ketones (excluding diaryl/α,β-unsaturated/α-hetero) is 1. The van der Waals surface area contributed by atoms with Gasteiger partial charge in [-0.3, -0.25) is 10.1 Å². The second kappa shape index (κ2) is 10.6. The smallest absolute Gasteiger partial charge is 0.203 e. The Morgan fingerprint density at radius 1 is 0.938 bits per heavy atom. The Bertz CT molecular complexity index is 182. The molecule has 0 spiro atoms. The van der Waals surface area contributed by atoms with Crippen molar-refractivity contribution < 1.29 is 9.72 Å². The second-order valence-electron chi connectivity index (χ2n) is 4.34. The van der Waals surface area contributed by atoms with Crippen molar-refractivity contribution in [2.45, 2.75) is 64.7 Å². The quantitative estimate of drug-likeness (QED) is 0.310. The van der Waals surface area contributed by atoms with Gasteiger partial charge < -0.3 is 4.79 Å². The lowest BCUT2D eigenvalue weighted by molar-refractivity contribution is -0.480. The number of nitro groups is 1. The summed E-state index contributed by atoms with van der Waals surface area (Å²) in [5.41, 5.74) is 0. The largest absolute Gasteiger partial charge is 0.300 e. The van der Waals surface area contributed by atoms with Crippen LogP contribution in [0.4, 0.5) is 0 Å². The van der Waals surface area contributed by atoms with Gasteiger partial charge in [-0.15, -0.1) is 0 Å². The molecular weight excluding hydrogens is 206 g/mol. The zero-order valence-electron chi connectivity index (χ0n) is 10.2. The van der Waals surface area contributed by atoms with E-state index in [2.05, 4.69) is 0 Å². The number of unbranched alkanes of at least 4 members (excludes halogenated alkanes) is 7. The number of hydrogen-bond acceptors (Lipinski definition) is 3. The first-order valence-corrected chi connectivity index (χ1v) is 6.24. The van der Waals surface area contributed by atoms with Crippen molar-refractivity contribution >= 4 is 5.78 Å². The third-order valence-corrected chi connectivity index (χ3v) is 2.62. The topological polar surface area (TPSA) is 60.2 Å². The molecule has 0 saturated carbocycles. The number of carbonyl (C=O) groups excluding carboxylic acids is 1. The van der Waals surface area contributed by atoms with Crippen LogP contribution in [0, 0.1) is 10.1 Å². The molecule has 0 bridgehead atoms. The normalized spacial score (nSPS) is 10.3. The van der Waals surface area contributed by atoms with E-state index >= 15 is 0 Å². The van der Waals surface area contributed by atoms with Crippen molar-refractivity contribution in [2.75, 3.05) is 6.54 Å². The predicted octanol–water partition coefficient (Wildman–Crippen LogP) is 3.36. The maximum Gasteiger partial charge on any atom is 0.203 e. The number of rotatable bonds is 11. The summed E-state index contributed by atoms with van der Waals surface area (Å²) in [6.07, 6.45) is 9.16. The molecule has 4 heteroatoms. The molecule has 16 heavy (non-hydrogen) atoms. The number of nitrogens with zero attached hydrogens (tertiary/aromatic N) is 1. The minimum Gasteiger partial charge on any atom is -0.300 e. The fraction of sp³-hybridized carbons (Fsp3) is 0.917. The molecule has 0 aliphatic carbocycles. The van der Waals surface area contributed by atoms with Crippen molar-refractivity contribution in [1.82, 2.24) is 0 Å². The van der Waals surface area contributed by atoms with E-state index in [1.807, 2.05) is 0 Å². The number of carbonyl (C=O) groups is 1. The van der Waals surface area contributed by atoms with Crippen LogP contribution >= 0.6 is 0 Å². The zero-order chi connectivity index (χ0) is 12.2. The monoisotopic (exact) mass is 229 g/mol. The Kier molecular flexibility index (Phi) is 9.97. The maximum absolute atomic E-state index is 10.7. The van der Waals surface area contributed by atoms with Gasteiger partial charge in [0.2, 0.25) is 6.54 Å². The van der Waals surface area contributed by atoms with Gasteiger partial charge in [0, 0.05) is 17.8 Å². The Morgan fingerprint density at radius 3 is 1.81 bits per heavy atom. The van der Waals surface area contributed by atoms with E-state index in [9.17, 15) is 14.9 Å². The molecule has 4 nitrogen and oxygen atoms in total. The van der Waals surface area contributed by atoms with Crippen LogP contribution in [0.5, 0.6) is 0 Å². The highest BCUT2D eigenvalue weighted by Gasteiger charge is 1.97. The van der Waals surface area contributed by atoms with Gasteiger partial charge in [-0.25, -0.2) is 0 Å². The highest BCUT2D eigenvalue weighted by Crippen LogP contribution is 2.09. The molecule has 0 aliphatic heterocycles. The molecule has 94 valence electrons. The van der Waals surface area contributed by atoms with E-state index < -0.39 is 0 Å². The first kappa shape index (κ1) is 15.1. The molecule has 0 rings (SSSR count). The second-order valence-corrected chi connectivity index (χ2v) is 4.34. The van der Waals surface area contributed by atoms with Crippen LogP contribution in [0.15, 0.2) is 0 Å². The Morgan fingerprint density at radius 2 is 1.38 bits per heavy atom. The Balaban J connectivity index is 2.98. The van der Waals surface area contributed by atoms with Crippen molar-refractivity contribution in [1.29, 1.82) is 0 Å². The molecule has 0 aliphatic rings. The maximum atomic E-state index is 10.7. The third kappa shape index (κ3) is 13.1. The van der Waals surface area contributed by atoms with E-state index in [0.29, 0.717) is 12.8 Å². The van der Waals surface area contributed by atoms with E-state index in [1.165, 1.54) is 12.8 Å². The highest BCUT2D eigenvalue weighted by molar-refractivity contribution is 5.75. The average Bonchev–Trinajstić information content (AvgIpc) is 2.20. The fourth-order valence-electron chi connectivity index (χ4n) is 1.68. The lowest BCUT2D eigenvalue weighted by Crippen LogP contribution is -1.99. The summed E-state index contributed by atoms with van der Waals surface area (Å²) in [4.78, 5) is 20.4. The first-order chi connectivity index (χ1) is 7.63. The van der Waals surface area contributed by atoms with Gasteiger partial charge in [0.1, 0.15) is 5.78 Å². The molecular formula is C12H23NO3. The van der Waals surface area contributed by atoms with Gasteiger partial charge in [-0.2, -0.15) is 0 Å². The minimum atomic E-state index is -0.248. The number of hydrogen-bond donors (Lipinski definition) is 0. The SMILES string of the molecule is CC(=O)CCCCCCCCCC[N+](=O)[O-]. The standard InChI is InChI=1S/C12H23NO3/c1-12(14)10-8-6-4-2-3-5-7-9-11-13(15)16/h2-11H2,1H3. The van der Waals surface area contributed by atoms with Gasteiger partial charge in [-0.1, -0.05) is 32.1 Å². The summed E-state index contributed by atoms with van der Waals surface area (Å²) in [6.45, 7) is 1.74. The van der Waals surface area contributed by atoms with Gasteiger partial charge in [0.25, 0.3) is 0 Å². The van der Waals surface area contributed by atoms with E-state index in [0.717, 1.165) is 32.1 Å². The first-order valence-electron chi connectivity index (χ1n) is 6.24. The van der Waals surface area contributed by atoms with Crippen molar-refractivity contribution in [3.8, 4) is 0 Å². The minimum absolute atomic E-state index is 0.110. The summed E-state index contributed by atoms with van der Waals surface area (Å²) >= 11 is 0. The van der Waals surface area contributed by atoms with Crippen LogP contribution in [-0.4, -0.2) is 17.3 Å². The summed E-state index contributed by atoms with van der Waals surface area (Å²) in [5, 5.41) is 10.0. The number of ketones is 1. The van der Waals surface area contributed by atoms with Gasteiger partial charge in [0.15, 0.2) is 0 Å². The molecule has 0 aromatic heterocycles. The molecule has 0 N–H and O–H groups in total. The fourth-order valence-corrected chi connectivity index (χ4v) is 1.68. The van der Waals surface area contributed by atoms with E-state index in [1.54, 1.807) is 6.92 Å². The molecule has 0 aromatic carbocycles. The van der Waals surface area contributed by atoms with Crippen LogP contribution in [-0.2, 0) is 4.79 Å². The Labute approximate surface area is 97.6 Å². The zero-order valence-corrected chi connectivity index (χ0v) is 10.2. The van der Waals surface area contributed by atoms with E-state index in [4.69, 9.17) is 0 Å². The van der Waals surface area contributed by atoms with Crippen molar-refractivity contribution in [3.05, 3.63) is 10.1 Å². The highest BCUT2D eigenvalue weighted by atomic mass is 16.6. The summed E-state index contributed by atoms with van der Waals surface area (Å²) in [7, 11) is 0. The molecule has 0 heterocycles. The summed E-state index contributed by atoms with van der Waals surface area (Å²) < 4.78 is 0. The van der Waals surface area contributed by atoms with Crippen LogP contribution in [0.1, 0.15) is 64.7 Å². The lowest BCUT2D eigenvalue weighted by Gasteiger charge is -2.00. The van der Waals surface area contributed by atoms with Crippen molar-refractivity contribution in [3.63, 3.8) is 0 Å². The molecule has 0 atom stereocenters. The van der Waals surface area contributed by atoms with Gasteiger partial charge in [-0.05, 0) is 19.8 Å². The average molecular weight is 229 g/mol. The molecule has 0 saturated heterocycles. The predicted molar refractivity (Wildman–Crippen MR) is 64.1 cm³/mol. The van der Waals surface area contributed by atoms with Crippen LogP contribution in [0.25, 0.3) is 0 Å². The molecule has 0 radical (unpaired) electrons. The lowest BCUT2D eigenvalue weighted by atomic mass is 10.1. The van der Waals surface area contributed by atoms with Crippen LogP contribution < -0.4 is 0 Å². The van der Waals surface area contributed by atoms with Crippen molar-refractivity contribution in [2.24, 2.45) is 0 Å². The van der Waals surface area contributed by atoms with E-state index in [-0.39, 0.29) is 17.3 Å². The third-order valence-electron chi connectivity index (χ3n) is 2.62.